The number of rotatable bonds is 14. The molecule has 8 nitrogen and oxygen atoms in total. The van der Waals surface area contributed by atoms with Gasteiger partial charge in [0.15, 0.2) is 0 Å². The van der Waals surface area contributed by atoms with Crippen LogP contribution in [0.5, 0.6) is 11.5 Å². The van der Waals surface area contributed by atoms with Crippen LogP contribution in [-0.2, 0) is 32.6 Å². The topological polar surface area (TPSA) is 85.4 Å². The van der Waals surface area contributed by atoms with Gasteiger partial charge in [0, 0.05) is 26.2 Å². The monoisotopic (exact) mass is 478 g/mol. The first-order chi connectivity index (χ1) is 15.8. The summed E-state index contributed by atoms with van der Waals surface area (Å²) < 4.78 is 43.4. The molecule has 2 aromatic rings. The Morgan fingerprint density at radius 3 is 1.76 bits per heavy atom. The SMILES string of the molecule is CCOC(=O)CCN(C)CCS(=O)(=O)N(Cc1ccc(OC)cc1)Cc1ccc(OC)cc1. The highest BCUT2D eigenvalue weighted by Gasteiger charge is 2.23. The number of benzene rings is 2. The van der Waals surface area contributed by atoms with E-state index in [9.17, 15) is 13.2 Å². The van der Waals surface area contributed by atoms with Crippen LogP contribution in [0.4, 0.5) is 0 Å². The predicted molar refractivity (Wildman–Crippen MR) is 128 cm³/mol. The molecule has 0 aromatic heterocycles. The normalized spacial score (nSPS) is 11.6. The average Bonchev–Trinajstić information content (AvgIpc) is 2.82. The standard InChI is InChI=1S/C24H34N2O6S/c1-5-32-24(27)14-15-25(2)16-17-33(28,29)26(18-20-6-10-22(30-3)11-7-20)19-21-8-12-23(31-4)13-9-21/h6-13H,5,14-19H2,1-4H3. The first-order valence-corrected chi connectivity index (χ1v) is 12.5. The van der Waals surface area contributed by atoms with Crippen LogP contribution in [0.1, 0.15) is 24.5 Å². The summed E-state index contributed by atoms with van der Waals surface area (Å²) in [6, 6.07) is 14.7. The van der Waals surface area contributed by atoms with E-state index in [1.807, 2.05) is 53.4 Å². The molecule has 9 heteroatoms. The van der Waals surface area contributed by atoms with Gasteiger partial charge in [-0.25, -0.2) is 8.42 Å². The molecule has 0 radical (unpaired) electrons. The fourth-order valence-electron chi connectivity index (χ4n) is 3.15. The van der Waals surface area contributed by atoms with Gasteiger partial charge >= 0.3 is 5.97 Å². The Bertz CT molecular complexity index is 912. The number of hydrogen-bond donors (Lipinski definition) is 0. The minimum atomic E-state index is -3.58. The van der Waals surface area contributed by atoms with Gasteiger partial charge in [0.1, 0.15) is 11.5 Å². The van der Waals surface area contributed by atoms with E-state index in [4.69, 9.17) is 14.2 Å². The maximum Gasteiger partial charge on any atom is 0.307 e. The van der Waals surface area contributed by atoms with Crippen molar-refractivity contribution in [1.29, 1.82) is 0 Å². The van der Waals surface area contributed by atoms with Gasteiger partial charge in [-0.2, -0.15) is 4.31 Å². The fourth-order valence-corrected chi connectivity index (χ4v) is 4.64. The third-order valence-corrected chi connectivity index (χ3v) is 6.91. The van der Waals surface area contributed by atoms with Gasteiger partial charge in [-0.3, -0.25) is 4.79 Å². The van der Waals surface area contributed by atoms with Crippen LogP contribution in [0.2, 0.25) is 0 Å². The maximum atomic E-state index is 13.3. The quantitative estimate of drug-likeness (QED) is 0.386. The largest absolute Gasteiger partial charge is 0.497 e. The highest BCUT2D eigenvalue weighted by molar-refractivity contribution is 7.89. The van der Waals surface area contributed by atoms with Crippen molar-refractivity contribution in [3.8, 4) is 11.5 Å². The van der Waals surface area contributed by atoms with Crippen LogP contribution in [0.3, 0.4) is 0 Å². The summed E-state index contributed by atoms with van der Waals surface area (Å²) in [5, 5.41) is 0. The molecule has 0 aliphatic rings. The van der Waals surface area contributed by atoms with E-state index in [1.54, 1.807) is 28.2 Å². The van der Waals surface area contributed by atoms with E-state index >= 15 is 0 Å². The van der Waals surface area contributed by atoms with E-state index < -0.39 is 10.0 Å². The Kier molecular flexibility index (Phi) is 10.6. The molecule has 33 heavy (non-hydrogen) atoms. The Balaban J connectivity index is 2.10. The molecule has 2 rings (SSSR count). The smallest absolute Gasteiger partial charge is 0.307 e. The summed E-state index contributed by atoms with van der Waals surface area (Å²) >= 11 is 0. The molecule has 0 N–H and O–H groups in total. The highest BCUT2D eigenvalue weighted by Crippen LogP contribution is 2.19. The van der Waals surface area contributed by atoms with Gasteiger partial charge in [-0.1, -0.05) is 24.3 Å². The van der Waals surface area contributed by atoms with E-state index in [1.165, 1.54) is 4.31 Å². The van der Waals surface area contributed by atoms with Gasteiger partial charge in [-0.15, -0.1) is 0 Å². The third-order valence-electron chi connectivity index (χ3n) is 5.16. The lowest BCUT2D eigenvalue weighted by Gasteiger charge is -2.24. The molecule has 2 aromatic carbocycles. The second-order valence-electron chi connectivity index (χ2n) is 7.64. The zero-order valence-corrected chi connectivity index (χ0v) is 20.6. The van der Waals surface area contributed by atoms with Crippen molar-refractivity contribution < 1.29 is 27.4 Å². The van der Waals surface area contributed by atoms with E-state index in [0.717, 1.165) is 11.1 Å². The summed E-state index contributed by atoms with van der Waals surface area (Å²) in [6.07, 6.45) is 0.228. The number of carbonyl (C=O) groups excluding carboxylic acids is 1. The summed E-state index contributed by atoms with van der Waals surface area (Å²) in [7, 11) is 1.40. The van der Waals surface area contributed by atoms with E-state index in [2.05, 4.69) is 0 Å². The minimum absolute atomic E-state index is 0.0569. The van der Waals surface area contributed by atoms with Crippen LogP contribution < -0.4 is 9.47 Å². The van der Waals surface area contributed by atoms with Crippen LogP contribution in [0, 0.1) is 0 Å². The molecular weight excluding hydrogens is 444 g/mol. The Hall–Kier alpha value is -2.62. The summed E-state index contributed by atoms with van der Waals surface area (Å²) in [4.78, 5) is 13.4. The average molecular weight is 479 g/mol. The molecule has 182 valence electrons. The molecule has 0 saturated carbocycles. The lowest BCUT2D eigenvalue weighted by molar-refractivity contribution is -0.143. The van der Waals surface area contributed by atoms with Crippen molar-refractivity contribution in [2.24, 2.45) is 0 Å². The van der Waals surface area contributed by atoms with Crippen molar-refractivity contribution in [2.75, 3.05) is 46.7 Å². The number of sulfonamides is 1. The molecular formula is C24H34N2O6S. The molecule has 0 amide bonds. The molecule has 0 aliphatic heterocycles. The Morgan fingerprint density at radius 1 is 0.848 bits per heavy atom. The first kappa shape index (κ1) is 26.6. The van der Waals surface area contributed by atoms with Crippen molar-refractivity contribution >= 4 is 16.0 Å². The minimum Gasteiger partial charge on any atom is -0.497 e. The molecule has 0 unspecified atom stereocenters. The molecule has 0 aliphatic carbocycles. The van der Waals surface area contributed by atoms with Crippen LogP contribution >= 0.6 is 0 Å². The molecule has 0 bridgehead atoms. The zero-order chi connectivity index (χ0) is 24.3. The summed E-state index contributed by atoms with van der Waals surface area (Å²) in [6.45, 7) is 3.32. The summed E-state index contributed by atoms with van der Waals surface area (Å²) in [5.41, 5.74) is 1.73. The van der Waals surface area contributed by atoms with Gasteiger partial charge in [0.25, 0.3) is 0 Å². The van der Waals surface area contributed by atoms with Crippen LogP contribution in [-0.4, -0.2) is 70.3 Å². The number of ether oxygens (including phenoxy) is 3. The predicted octanol–water partition coefficient (Wildman–Crippen LogP) is 2.92. The number of hydrogen-bond acceptors (Lipinski definition) is 7. The number of carbonyl (C=O) groups is 1. The first-order valence-electron chi connectivity index (χ1n) is 10.8. The highest BCUT2D eigenvalue weighted by atomic mass is 32.2. The molecule has 0 heterocycles. The molecule has 0 fully saturated rings. The number of nitrogens with zero attached hydrogens (tertiary/aromatic N) is 2. The molecule has 0 spiro atoms. The van der Waals surface area contributed by atoms with E-state index in [-0.39, 0.29) is 31.2 Å². The van der Waals surface area contributed by atoms with Gasteiger partial charge in [0.05, 0.1) is 33.0 Å². The second-order valence-corrected chi connectivity index (χ2v) is 9.73. The lowest BCUT2D eigenvalue weighted by Crippen LogP contribution is -2.36. The van der Waals surface area contributed by atoms with Crippen molar-refractivity contribution in [3.05, 3.63) is 59.7 Å². The zero-order valence-electron chi connectivity index (χ0n) is 19.8. The summed E-state index contributed by atoms with van der Waals surface area (Å²) in [5.74, 6) is 1.09. The lowest BCUT2D eigenvalue weighted by atomic mass is 10.2. The molecule has 0 saturated heterocycles. The third kappa shape index (κ3) is 9.03. The molecule has 0 atom stereocenters. The number of esters is 1. The van der Waals surface area contributed by atoms with Gasteiger partial charge < -0.3 is 19.1 Å². The Morgan fingerprint density at radius 2 is 1.33 bits per heavy atom. The van der Waals surface area contributed by atoms with Crippen LogP contribution in [0.15, 0.2) is 48.5 Å². The number of methoxy groups -OCH3 is 2. The van der Waals surface area contributed by atoms with Crippen molar-refractivity contribution in [2.45, 2.75) is 26.4 Å². The maximum absolute atomic E-state index is 13.3. The van der Waals surface area contributed by atoms with Crippen molar-refractivity contribution in [1.82, 2.24) is 9.21 Å². The van der Waals surface area contributed by atoms with Gasteiger partial charge in [-0.05, 0) is 49.4 Å². The van der Waals surface area contributed by atoms with Gasteiger partial charge in [0.2, 0.25) is 10.0 Å². The Labute approximate surface area is 197 Å². The second kappa shape index (κ2) is 13.2. The van der Waals surface area contributed by atoms with E-state index in [0.29, 0.717) is 31.2 Å². The van der Waals surface area contributed by atoms with Crippen molar-refractivity contribution in [3.63, 3.8) is 0 Å². The van der Waals surface area contributed by atoms with Crippen LogP contribution in [0.25, 0.3) is 0 Å². The fraction of sp³-hybridized carbons (Fsp3) is 0.458.